The fourth-order valence-corrected chi connectivity index (χ4v) is 2.18. The fourth-order valence-electron chi connectivity index (χ4n) is 2.18. The maximum atomic E-state index is 13.6. The minimum absolute atomic E-state index is 0.206. The number of carbonyl (C=O) groups excluding carboxylic acids is 1. The smallest absolute Gasteiger partial charge is 0.246 e. The Kier molecular flexibility index (Phi) is 5.95. The van der Waals surface area contributed by atoms with Crippen molar-refractivity contribution < 1.29 is 18.7 Å². The highest BCUT2D eigenvalue weighted by Crippen LogP contribution is 2.23. The summed E-state index contributed by atoms with van der Waals surface area (Å²) in [4.78, 5) is 13.6. The lowest BCUT2D eigenvalue weighted by Gasteiger charge is -2.15. The zero-order valence-corrected chi connectivity index (χ0v) is 14.0. The Morgan fingerprint density at radius 2 is 1.75 bits per heavy atom. The van der Waals surface area contributed by atoms with Crippen LogP contribution in [0.1, 0.15) is 11.1 Å². The summed E-state index contributed by atoms with van der Waals surface area (Å²) >= 11 is 0. The van der Waals surface area contributed by atoms with Crippen LogP contribution in [0, 0.1) is 5.82 Å². The Hall–Kier alpha value is -2.82. The van der Waals surface area contributed by atoms with Crippen LogP contribution in [0.3, 0.4) is 0 Å². The number of nitrogens with zero attached hydrogens (tertiary/aromatic N) is 1. The van der Waals surface area contributed by atoms with Crippen molar-refractivity contribution >= 4 is 12.0 Å². The summed E-state index contributed by atoms with van der Waals surface area (Å²) in [6, 6.07) is 11.8. The monoisotopic (exact) mass is 329 g/mol. The Morgan fingerprint density at radius 3 is 2.33 bits per heavy atom. The van der Waals surface area contributed by atoms with Crippen molar-refractivity contribution in [3.8, 4) is 11.5 Å². The summed E-state index contributed by atoms with van der Waals surface area (Å²) < 4.78 is 24.0. The van der Waals surface area contributed by atoms with Gasteiger partial charge in [0, 0.05) is 31.3 Å². The minimum atomic E-state index is -0.321. The van der Waals surface area contributed by atoms with E-state index in [1.165, 1.54) is 17.0 Å². The van der Waals surface area contributed by atoms with Crippen molar-refractivity contribution in [1.29, 1.82) is 0 Å². The molecule has 0 saturated carbocycles. The van der Waals surface area contributed by atoms with Crippen LogP contribution in [0.5, 0.6) is 11.5 Å². The van der Waals surface area contributed by atoms with Gasteiger partial charge in [-0.1, -0.05) is 18.2 Å². The maximum Gasteiger partial charge on any atom is 0.246 e. The van der Waals surface area contributed by atoms with E-state index in [0.717, 1.165) is 5.56 Å². The summed E-state index contributed by atoms with van der Waals surface area (Å²) in [5.74, 6) is 0.737. The standard InChI is InChI=1S/C19H20FNO3/c1-21(13-15-6-4-5-7-18(15)20)19(22)9-8-14-10-16(23-2)12-17(11-14)24-3/h4-12H,13H2,1-3H3/b9-8+. The first-order valence-electron chi connectivity index (χ1n) is 7.43. The van der Waals surface area contributed by atoms with Crippen LogP contribution in [-0.2, 0) is 11.3 Å². The molecule has 0 spiro atoms. The third kappa shape index (κ3) is 4.59. The van der Waals surface area contributed by atoms with Gasteiger partial charge in [0.05, 0.1) is 14.2 Å². The zero-order valence-electron chi connectivity index (χ0n) is 14.0. The quantitative estimate of drug-likeness (QED) is 0.761. The molecule has 2 rings (SSSR count). The summed E-state index contributed by atoms with van der Waals surface area (Å²) in [5.41, 5.74) is 1.25. The van der Waals surface area contributed by atoms with Crippen LogP contribution >= 0.6 is 0 Å². The molecule has 0 N–H and O–H groups in total. The molecule has 2 aromatic carbocycles. The van der Waals surface area contributed by atoms with Crippen LogP contribution in [-0.4, -0.2) is 32.1 Å². The molecule has 0 saturated heterocycles. The molecule has 0 heterocycles. The highest BCUT2D eigenvalue weighted by molar-refractivity contribution is 5.91. The van der Waals surface area contributed by atoms with Gasteiger partial charge in [0.2, 0.25) is 5.91 Å². The number of ether oxygens (including phenoxy) is 2. The van der Waals surface area contributed by atoms with Crippen molar-refractivity contribution in [3.05, 3.63) is 65.5 Å². The second-order valence-electron chi connectivity index (χ2n) is 5.27. The van der Waals surface area contributed by atoms with Gasteiger partial charge in [-0.2, -0.15) is 0 Å². The Bertz CT molecular complexity index is 721. The van der Waals surface area contributed by atoms with Crippen LogP contribution in [0.25, 0.3) is 6.08 Å². The van der Waals surface area contributed by atoms with E-state index in [1.54, 1.807) is 63.7 Å². The third-order valence-corrected chi connectivity index (χ3v) is 3.53. The summed E-state index contributed by atoms with van der Waals surface area (Å²) in [7, 11) is 4.76. The molecule has 0 aliphatic rings. The number of amides is 1. The SMILES string of the molecule is COc1cc(/C=C/C(=O)N(C)Cc2ccccc2F)cc(OC)c1. The van der Waals surface area contributed by atoms with Gasteiger partial charge < -0.3 is 14.4 Å². The lowest BCUT2D eigenvalue weighted by atomic mass is 10.1. The van der Waals surface area contributed by atoms with Gasteiger partial charge in [0.25, 0.3) is 0 Å². The number of hydrogen-bond acceptors (Lipinski definition) is 3. The number of carbonyl (C=O) groups is 1. The first kappa shape index (κ1) is 17.5. The maximum absolute atomic E-state index is 13.6. The van der Waals surface area contributed by atoms with Crippen LogP contribution in [0.15, 0.2) is 48.5 Å². The van der Waals surface area contributed by atoms with Crippen molar-refractivity contribution in [3.63, 3.8) is 0 Å². The third-order valence-electron chi connectivity index (χ3n) is 3.53. The van der Waals surface area contributed by atoms with Crippen LogP contribution < -0.4 is 9.47 Å². The van der Waals surface area contributed by atoms with E-state index in [4.69, 9.17) is 9.47 Å². The van der Waals surface area contributed by atoms with E-state index in [1.807, 2.05) is 0 Å². The first-order chi connectivity index (χ1) is 11.5. The predicted molar refractivity (Wildman–Crippen MR) is 91.5 cm³/mol. The molecule has 0 atom stereocenters. The molecule has 1 amide bonds. The molecule has 0 radical (unpaired) electrons. The van der Waals surface area contributed by atoms with Gasteiger partial charge >= 0.3 is 0 Å². The predicted octanol–water partition coefficient (Wildman–Crippen LogP) is 3.51. The molecule has 0 aliphatic carbocycles. The zero-order chi connectivity index (χ0) is 17.5. The average Bonchev–Trinajstić information content (AvgIpc) is 2.61. The number of halogens is 1. The normalized spacial score (nSPS) is 10.7. The van der Waals surface area contributed by atoms with E-state index in [0.29, 0.717) is 17.1 Å². The van der Waals surface area contributed by atoms with Crippen molar-refractivity contribution in [2.75, 3.05) is 21.3 Å². The molecule has 2 aromatic rings. The molecule has 5 heteroatoms. The van der Waals surface area contributed by atoms with E-state index < -0.39 is 0 Å². The molecule has 126 valence electrons. The number of hydrogen-bond donors (Lipinski definition) is 0. The molecular weight excluding hydrogens is 309 g/mol. The van der Waals surface area contributed by atoms with Crippen molar-refractivity contribution in [2.45, 2.75) is 6.54 Å². The van der Waals surface area contributed by atoms with Crippen LogP contribution in [0.4, 0.5) is 4.39 Å². The van der Waals surface area contributed by atoms with Gasteiger partial charge in [-0.3, -0.25) is 4.79 Å². The number of methoxy groups -OCH3 is 2. The lowest BCUT2D eigenvalue weighted by molar-refractivity contribution is -0.125. The fraction of sp³-hybridized carbons (Fsp3) is 0.211. The molecule has 0 aliphatic heterocycles. The van der Waals surface area contributed by atoms with Crippen LogP contribution in [0.2, 0.25) is 0 Å². The van der Waals surface area contributed by atoms with E-state index in [9.17, 15) is 9.18 Å². The number of rotatable bonds is 6. The summed E-state index contributed by atoms with van der Waals surface area (Å²) in [6.45, 7) is 0.206. The molecular formula is C19H20FNO3. The number of likely N-dealkylation sites (N-methyl/N-ethyl adjacent to an activating group) is 1. The Labute approximate surface area is 141 Å². The van der Waals surface area contributed by atoms with Gasteiger partial charge in [-0.15, -0.1) is 0 Å². The Balaban J connectivity index is 2.08. The first-order valence-corrected chi connectivity index (χ1v) is 7.43. The summed E-state index contributed by atoms with van der Waals surface area (Å²) in [6.07, 6.45) is 3.11. The van der Waals surface area contributed by atoms with Gasteiger partial charge in [-0.05, 0) is 29.8 Å². The van der Waals surface area contributed by atoms with Gasteiger partial charge in [0.15, 0.2) is 0 Å². The topological polar surface area (TPSA) is 38.8 Å². The van der Waals surface area contributed by atoms with E-state index in [-0.39, 0.29) is 18.3 Å². The summed E-state index contributed by atoms with van der Waals surface area (Å²) in [5, 5.41) is 0. The average molecular weight is 329 g/mol. The van der Waals surface area contributed by atoms with E-state index in [2.05, 4.69) is 0 Å². The van der Waals surface area contributed by atoms with Crippen molar-refractivity contribution in [2.24, 2.45) is 0 Å². The second-order valence-corrected chi connectivity index (χ2v) is 5.27. The Morgan fingerprint density at radius 1 is 1.12 bits per heavy atom. The molecule has 0 unspecified atom stereocenters. The lowest BCUT2D eigenvalue weighted by Crippen LogP contribution is -2.24. The highest BCUT2D eigenvalue weighted by Gasteiger charge is 2.09. The molecule has 4 nitrogen and oxygen atoms in total. The second kappa shape index (κ2) is 8.15. The largest absolute Gasteiger partial charge is 0.497 e. The van der Waals surface area contributed by atoms with Gasteiger partial charge in [-0.25, -0.2) is 4.39 Å². The molecule has 24 heavy (non-hydrogen) atoms. The molecule has 0 aromatic heterocycles. The van der Waals surface area contributed by atoms with Crippen molar-refractivity contribution in [1.82, 2.24) is 4.90 Å². The molecule has 0 fully saturated rings. The van der Waals surface area contributed by atoms with Gasteiger partial charge in [0.1, 0.15) is 17.3 Å². The van der Waals surface area contributed by atoms with E-state index >= 15 is 0 Å². The minimum Gasteiger partial charge on any atom is -0.497 e. The number of benzene rings is 2. The highest BCUT2D eigenvalue weighted by atomic mass is 19.1. The molecule has 0 bridgehead atoms.